The number of carbonyl (C=O) groups is 2. The second-order valence-electron chi connectivity index (χ2n) is 4.72. The van der Waals surface area contributed by atoms with Crippen LogP contribution in [0.25, 0.3) is 10.9 Å². The van der Waals surface area contributed by atoms with E-state index in [9.17, 15) is 9.59 Å². The molecule has 2 aromatic rings. The first-order valence-electron chi connectivity index (χ1n) is 6.59. The van der Waals surface area contributed by atoms with Gasteiger partial charge in [0, 0.05) is 16.5 Å². The summed E-state index contributed by atoms with van der Waals surface area (Å²) in [5.74, 6) is 4.81. The van der Waals surface area contributed by atoms with Crippen LogP contribution < -0.4 is 16.5 Å². The third kappa shape index (κ3) is 2.12. The molecule has 2 amide bonds. The summed E-state index contributed by atoms with van der Waals surface area (Å²) in [5, 5.41) is 7.40. The third-order valence-corrected chi connectivity index (χ3v) is 3.33. The van der Waals surface area contributed by atoms with E-state index in [4.69, 9.17) is 5.73 Å². The number of carbonyl (C=O) groups excluding carboxylic acids is 2. The van der Waals surface area contributed by atoms with Crippen molar-refractivity contribution >= 4 is 28.9 Å². The SMILES string of the molecule is CNCC#Cc1[nH]c2ccc(C(N)=O)c3c2c1C=NNC3=O. The molecular weight excluding hydrogens is 282 g/mol. The highest BCUT2D eigenvalue weighted by Gasteiger charge is 2.24. The predicted molar refractivity (Wildman–Crippen MR) is 82.7 cm³/mol. The predicted octanol–water partition coefficient (Wildman–Crippen LogP) is -0.0850. The van der Waals surface area contributed by atoms with Gasteiger partial charge in [0.2, 0.25) is 5.91 Å². The number of aromatic nitrogens is 1. The van der Waals surface area contributed by atoms with Crippen LogP contribution in [0, 0.1) is 11.8 Å². The van der Waals surface area contributed by atoms with Crippen molar-refractivity contribution < 1.29 is 9.59 Å². The zero-order valence-corrected chi connectivity index (χ0v) is 11.8. The summed E-state index contributed by atoms with van der Waals surface area (Å²) in [6.45, 7) is 0.530. The van der Waals surface area contributed by atoms with Gasteiger partial charge in [0.1, 0.15) is 0 Å². The first-order valence-corrected chi connectivity index (χ1v) is 6.59. The lowest BCUT2D eigenvalue weighted by Crippen LogP contribution is -2.22. The molecule has 0 aliphatic carbocycles. The molecule has 1 aromatic heterocycles. The molecule has 0 bridgehead atoms. The minimum Gasteiger partial charge on any atom is -0.366 e. The van der Waals surface area contributed by atoms with Crippen LogP contribution in [0.2, 0.25) is 0 Å². The fourth-order valence-corrected chi connectivity index (χ4v) is 2.41. The Hall–Kier alpha value is -3.11. The molecule has 0 saturated heterocycles. The van der Waals surface area contributed by atoms with Gasteiger partial charge in [-0.2, -0.15) is 5.10 Å². The topological polar surface area (TPSA) is 112 Å². The van der Waals surface area contributed by atoms with Crippen molar-refractivity contribution in [1.29, 1.82) is 0 Å². The van der Waals surface area contributed by atoms with E-state index in [1.54, 1.807) is 13.1 Å². The molecule has 2 heterocycles. The molecule has 0 spiro atoms. The highest BCUT2D eigenvalue weighted by atomic mass is 16.2. The van der Waals surface area contributed by atoms with Crippen molar-refractivity contribution in [2.24, 2.45) is 10.8 Å². The standard InChI is InChI=1S/C15H13N5O2/c1-17-6-2-3-10-9-7-18-20-15(22)13-8(14(16)21)4-5-11(19-10)12(9)13/h4-5,7,17,19H,6H2,1H3,(H2,16,21)(H,20,22). The molecular formula is C15H13N5O2. The highest BCUT2D eigenvalue weighted by molar-refractivity contribution is 6.20. The average molecular weight is 295 g/mol. The van der Waals surface area contributed by atoms with Crippen LogP contribution in [0.5, 0.6) is 0 Å². The summed E-state index contributed by atoms with van der Waals surface area (Å²) >= 11 is 0. The van der Waals surface area contributed by atoms with Crippen LogP contribution in [0.15, 0.2) is 17.2 Å². The molecule has 7 nitrogen and oxygen atoms in total. The van der Waals surface area contributed by atoms with E-state index in [0.29, 0.717) is 28.7 Å². The number of hydrazone groups is 1. The number of amides is 2. The van der Waals surface area contributed by atoms with Crippen molar-refractivity contribution in [3.05, 3.63) is 34.5 Å². The van der Waals surface area contributed by atoms with E-state index in [-0.39, 0.29) is 11.1 Å². The minimum absolute atomic E-state index is 0.158. The number of H-pyrrole nitrogens is 1. The van der Waals surface area contributed by atoms with Crippen LogP contribution in [0.4, 0.5) is 0 Å². The molecule has 22 heavy (non-hydrogen) atoms. The Morgan fingerprint density at radius 2 is 2.27 bits per heavy atom. The molecule has 0 fully saturated rings. The van der Waals surface area contributed by atoms with Gasteiger partial charge in [-0.25, -0.2) is 5.43 Å². The maximum absolute atomic E-state index is 12.2. The fraction of sp³-hybridized carbons (Fsp3) is 0.133. The number of nitrogens with two attached hydrogens (primary N) is 1. The van der Waals surface area contributed by atoms with E-state index in [2.05, 4.69) is 32.7 Å². The zero-order chi connectivity index (χ0) is 15.7. The van der Waals surface area contributed by atoms with Gasteiger partial charge in [0.15, 0.2) is 0 Å². The quantitative estimate of drug-likeness (QED) is 0.581. The fourth-order valence-electron chi connectivity index (χ4n) is 2.41. The maximum Gasteiger partial charge on any atom is 0.272 e. The smallest absolute Gasteiger partial charge is 0.272 e. The number of rotatable bonds is 2. The minimum atomic E-state index is -0.663. The molecule has 7 heteroatoms. The Bertz CT molecular complexity index is 883. The summed E-state index contributed by atoms with van der Waals surface area (Å²) in [6, 6.07) is 3.23. The van der Waals surface area contributed by atoms with E-state index in [1.807, 2.05) is 0 Å². The molecule has 110 valence electrons. The number of primary amides is 1. The first-order chi connectivity index (χ1) is 10.6. The van der Waals surface area contributed by atoms with Crippen molar-refractivity contribution in [3.8, 4) is 11.8 Å². The molecule has 1 aromatic carbocycles. The Balaban J connectivity index is 2.34. The summed E-state index contributed by atoms with van der Waals surface area (Å²) < 4.78 is 0. The van der Waals surface area contributed by atoms with Gasteiger partial charge in [-0.3, -0.25) is 9.59 Å². The number of hydrogen-bond donors (Lipinski definition) is 4. The maximum atomic E-state index is 12.2. The van der Waals surface area contributed by atoms with Crippen LogP contribution in [0.3, 0.4) is 0 Å². The van der Waals surface area contributed by atoms with Gasteiger partial charge < -0.3 is 16.0 Å². The number of benzene rings is 1. The van der Waals surface area contributed by atoms with Crippen molar-refractivity contribution in [2.45, 2.75) is 0 Å². The summed E-state index contributed by atoms with van der Waals surface area (Å²) in [5.41, 5.74) is 10.1. The van der Waals surface area contributed by atoms with Crippen molar-refractivity contribution in [3.63, 3.8) is 0 Å². The monoisotopic (exact) mass is 295 g/mol. The third-order valence-electron chi connectivity index (χ3n) is 3.33. The molecule has 0 unspecified atom stereocenters. The van der Waals surface area contributed by atoms with E-state index >= 15 is 0 Å². The van der Waals surface area contributed by atoms with Crippen LogP contribution in [-0.4, -0.2) is 36.6 Å². The van der Waals surface area contributed by atoms with Gasteiger partial charge >= 0.3 is 0 Å². The lowest BCUT2D eigenvalue weighted by Gasteiger charge is -2.05. The number of aromatic amines is 1. The normalized spacial score (nSPS) is 12.5. The highest BCUT2D eigenvalue weighted by Crippen LogP contribution is 2.28. The molecule has 0 saturated carbocycles. The van der Waals surface area contributed by atoms with E-state index in [1.165, 1.54) is 12.3 Å². The number of nitrogens with one attached hydrogen (secondary N) is 3. The number of hydrogen-bond acceptors (Lipinski definition) is 4. The van der Waals surface area contributed by atoms with Gasteiger partial charge in [0.25, 0.3) is 5.91 Å². The van der Waals surface area contributed by atoms with Crippen LogP contribution >= 0.6 is 0 Å². The van der Waals surface area contributed by atoms with Crippen LogP contribution in [-0.2, 0) is 0 Å². The lowest BCUT2D eigenvalue weighted by atomic mass is 9.99. The average Bonchev–Trinajstić information content (AvgIpc) is 2.74. The van der Waals surface area contributed by atoms with Gasteiger partial charge in [-0.05, 0) is 25.1 Å². The Morgan fingerprint density at radius 1 is 1.45 bits per heavy atom. The summed E-state index contributed by atoms with van der Waals surface area (Å²) in [6.07, 6.45) is 1.52. The largest absolute Gasteiger partial charge is 0.366 e. The molecule has 0 radical (unpaired) electrons. The Kier molecular flexibility index (Phi) is 3.37. The van der Waals surface area contributed by atoms with Gasteiger partial charge in [0.05, 0.1) is 29.6 Å². The van der Waals surface area contributed by atoms with Crippen molar-refractivity contribution in [1.82, 2.24) is 15.7 Å². The summed E-state index contributed by atoms with van der Waals surface area (Å²) in [7, 11) is 1.80. The van der Waals surface area contributed by atoms with Crippen LogP contribution in [0.1, 0.15) is 32.0 Å². The second-order valence-corrected chi connectivity index (χ2v) is 4.72. The molecule has 1 aliphatic rings. The lowest BCUT2D eigenvalue weighted by molar-refractivity contribution is 0.0939. The van der Waals surface area contributed by atoms with Gasteiger partial charge in [-0.15, -0.1) is 0 Å². The second kappa shape index (κ2) is 5.35. The number of nitrogens with zero attached hydrogens (tertiary/aromatic N) is 1. The zero-order valence-electron chi connectivity index (χ0n) is 11.8. The summed E-state index contributed by atoms with van der Waals surface area (Å²) in [4.78, 5) is 26.9. The first kappa shape index (κ1) is 13.9. The van der Waals surface area contributed by atoms with Gasteiger partial charge in [-0.1, -0.05) is 5.92 Å². The molecule has 0 atom stereocenters. The molecule has 5 N–H and O–H groups in total. The Morgan fingerprint density at radius 3 is 3.00 bits per heavy atom. The molecule has 3 rings (SSSR count). The molecule has 1 aliphatic heterocycles. The Labute approximate surface area is 125 Å². The van der Waals surface area contributed by atoms with E-state index < -0.39 is 11.8 Å². The van der Waals surface area contributed by atoms with E-state index in [0.717, 1.165) is 0 Å². The van der Waals surface area contributed by atoms with Crippen molar-refractivity contribution in [2.75, 3.05) is 13.6 Å².